The molecule has 0 aliphatic rings. The second kappa shape index (κ2) is 7.53. The third-order valence-corrected chi connectivity index (χ3v) is 5.90. The number of ether oxygens (including phenoxy) is 2. The molecule has 1 N–H and O–H groups in total. The highest BCUT2D eigenvalue weighted by molar-refractivity contribution is 7.99. The molecule has 2 heterocycles. The van der Waals surface area contributed by atoms with Crippen LogP contribution in [-0.4, -0.2) is 45.3 Å². The molecule has 4 rings (SSSR count). The number of hydrogen-bond donors (Lipinski definition) is 1. The van der Waals surface area contributed by atoms with Crippen LogP contribution in [0, 0.1) is 0 Å². The zero-order chi connectivity index (χ0) is 17.9. The van der Waals surface area contributed by atoms with E-state index in [4.69, 9.17) is 9.47 Å². The van der Waals surface area contributed by atoms with Gasteiger partial charge in [-0.05, 0) is 36.4 Å². The minimum atomic E-state index is -0.612. The molecular formula is C18H17N3O3S2. The lowest BCUT2D eigenvalue weighted by molar-refractivity contribution is 0.126. The van der Waals surface area contributed by atoms with Crippen LogP contribution in [0.4, 0.5) is 0 Å². The number of thioether (sulfide) groups is 1. The van der Waals surface area contributed by atoms with Gasteiger partial charge in [0, 0.05) is 5.75 Å². The summed E-state index contributed by atoms with van der Waals surface area (Å²) in [5, 5.41) is 19.5. The smallest absolute Gasteiger partial charge is 0.217 e. The fourth-order valence-corrected chi connectivity index (χ4v) is 4.41. The van der Waals surface area contributed by atoms with Gasteiger partial charge in [-0.1, -0.05) is 35.2 Å². The van der Waals surface area contributed by atoms with Gasteiger partial charge in [0.25, 0.3) is 0 Å². The molecular weight excluding hydrogens is 370 g/mol. The van der Waals surface area contributed by atoms with Crippen LogP contribution >= 0.6 is 23.1 Å². The summed E-state index contributed by atoms with van der Waals surface area (Å²) in [6.07, 6.45) is -0.612. The topological polar surface area (TPSA) is 68.9 Å². The van der Waals surface area contributed by atoms with Crippen molar-refractivity contribution < 1.29 is 14.6 Å². The lowest BCUT2D eigenvalue weighted by Crippen LogP contribution is -2.20. The molecule has 26 heavy (non-hydrogen) atoms. The van der Waals surface area contributed by atoms with E-state index in [-0.39, 0.29) is 6.61 Å². The van der Waals surface area contributed by atoms with Gasteiger partial charge in [-0.2, -0.15) is 0 Å². The molecule has 2 aromatic carbocycles. The van der Waals surface area contributed by atoms with E-state index in [9.17, 15) is 5.11 Å². The number of benzene rings is 2. The van der Waals surface area contributed by atoms with Crippen molar-refractivity contribution in [3.05, 3.63) is 48.5 Å². The Morgan fingerprint density at radius 2 is 1.88 bits per heavy atom. The molecule has 0 fully saturated rings. The van der Waals surface area contributed by atoms with Crippen LogP contribution in [0.2, 0.25) is 0 Å². The Bertz CT molecular complexity index is 1010. The molecule has 0 bridgehead atoms. The highest BCUT2D eigenvalue weighted by atomic mass is 32.2. The number of aliphatic hydroxyl groups excluding tert-OH is 1. The van der Waals surface area contributed by atoms with E-state index in [0.717, 1.165) is 21.4 Å². The zero-order valence-corrected chi connectivity index (χ0v) is 15.7. The molecule has 0 radical (unpaired) electrons. The monoisotopic (exact) mass is 387 g/mol. The fraction of sp³-hybridized carbons (Fsp3) is 0.222. The lowest BCUT2D eigenvalue weighted by atomic mass is 10.3. The maximum absolute atomic E-state index is 10.2. The molecule has 0 spiro atoms. The molecule has 0 saturated carbocycles. The number of para-hydroxylation sites is 1. The van der Waals surface area contributed by atoms with Gasteiger partial charge in [0.2, 0.25) is 4.96 Å². The molecule has 2 aromatic heterocycles. The van der Waals surface area contributed by atoms with Crippen molar-refractivity contribution in [3.63, 3.8) is 0 Å². The summed E-state index contributed by atoms with van der Waals surface area (Å²) < 4.78 is 13.9. The average Bonchev–Trinajstić information content (AvgIpc) is 3.24. The van der Waals surface area contributed by atoms with Gasteiger partial charge in [0.15, 0.2) is 5.16 Å². The Labute approximate surface area is 158 Å². The van der Waals surface area contributed by atoms with Crippen molar-refractivity contribution in [2.24, 2.45) is 0 Å². The number of aromatic nitrogens is 3. The normalized spacial score (nSPS) is 12.5. The summed E-state index contributed by atoms with van der Waals surface area (Å²) in [4.78, 5) is 0.859. The van der Waals surface area contributed by atoms with Crippen LogP contribution in [-0.2, 0) is 0 Å². The van der Waals surface area contributed by atoms with Crippen molar-refractivity contribution in [1.82, 2.24) is 14.6 Å². The van der Waals surface area contributed by atoms with Gasteiger partial charge in [0.05, 0.1) is 23.4 Å². The van der Waals surface area contributed by atoms with E-state index in [2.05, 4.69) is 22.3 Å². The highest BCUT2D eigenvalue weighted by Crippen LogP contribution is 2.29. The van der Waals surface area contributed by atoms with Crippen molar-refractivity contribution >= 4 is 38.3 Å². The first-order chi connectivity index (χ1) is 12.7. The standard InChI is InChI=1S/C18H17N3O3S2/c1-23-13-6-8-14(9-7-13)24-10-12(22)11-25-17-19-20-18-21(17)15-4-2-3-5-16(15)26-18/h2-9,12,22H,10-11H2,1H3. The van der Waals surface area contributed by atoms with E-state index in [0.29, 0.717) is 11.5 Å². The largest absolute Gasteiger partial charge is 0.497 e. The molecule has 0 aliphatic heterocycles. The Balaban J connectivity index is 1.38. The molecule has 8 heteroatoms. The molecule has 1 atom stereocenters. The summed E-state index contributed by atoms with van der Waals surface area (Å²) in [5.74, 6) is 1.94. The summed E-state index contributed by atoms with van der Waals surface area (Å²) in [6, 6.07) is 15.4. The maximum Gasteiger partial charge on any atom is 0.217 e. The zero-order valence-electron chi connectivity index (χ0n) is 14.0. The number of thiazole rings is 1. The van der Waals surface area contributed by atoms with Gasteiger partial charge in [-0.25, -0.2) is 0 Å². The van der Waals surface area contributed by atoms with Crippen LogP contribution in [0.5, 0.6) is 11.5 Å². The lowest BCUT2D eigenvalue weighted by Gasteiger charge is -2.12. The van der Waals surface area contributed by atoms with Gasteiger partial charge in [-0.3, -0.25) is 4.40 Å². The number of nitrogens with zero attached hydrogens (tertiary/aromatic N) is 3. The summed E-state index contributed by atoms with van der Waals surface area (Å²) in [5.41, 5.74) is 1.09. The number of aliphatic hydroxyl groups is 1. The number of fused-ring (bicyclic) bond motifs is 3. The van der Waals surface area contributed by atoms with E-state index in [1.165, 1.54) is 16.5 Å². The molecule has 1 unspecified atom stereocenters. The van der Waals surface area contributed by atoms with Crippen LogP contribution in [0.3, 0.4) is 0 Å². The van der Waals surface area contributed by atoms with Crippen LogP contribution < -0.4 is 9.47 Å². The second-order valence-electron chi connectivity index (χ2n) is 5.62. The van der Waals surface area contributed by atoms with Crippen LogP contribution in [0.25, 0.3) is 15.2 Å². The van der Waals surface area contributed by atoms with E-state index < -0.39 is 6.10 Å². The van der Waals surface area contributed by atoms with Gasteiger partial charge in [0.1, 0.15) is 18.1 Å². The molecule has 4 aromatic rings. The third-order valence-electron chi connectivity index (χ3n) is 3.82. The Morgan fingerprint density at radius 3 is 2.69 bits per heavy atom. The Hall–Kier alpha value is -2.29. The maximum atomic E-state index is 10.2. The SMILES string of the molecule is COc1ccc(OCC(O)CSc2nnc3sc4ccccc4n23)cc1. The number of rotatable bonds is 7. The Morgan fingerprint density at radius 1 is 1.12 bits per heavy atom. The first-order valence-electron chi connectivity index (χ1n) is 8.05. The van der Waals surface area contributed by atoms with Gasteiger partial charge < -0.3 is 14.6 Å². The predicted octanol–water partition coefficient (Wildman–Crippen LogP) is 3.48. The molecule has 0 amide bonds. The van der Waals surface area contributed by atoms with Crippen LogP contribution in [0.1, 0.15) is 0 Å². The predicted molar refractivity (Wildman–Crippen MR) is 104 cm³/mol. The molecule has 0 saturated heterocycles. The van der Waals surface area contributed by atoms with Crippen molar-refractivity contribution in [3.8, 4) is 11.5 Å². The highest BCUT2D eigenvalue weighted by Gasteiger charge is 2.14. The van der Waals surface area contributed by atoms with Gasteiger partial charge >= 0.3 is 0 Å². The van der Waals surface area contributed by atoms with Crippen molar-refractivity contribution in [2.45, 2.75) is 11.3 Å². The quantitative estimate of drug-likeness (QED) is 0.490. The van der Waals surface area contributed by atoms with Crippen LogP contribution in [0.15, 0.2) is 53.7 Å². The number of hydrogen-bond acceptors (Lipinski definition) is 7. The van der Waals surface area contributed by atoms with E-state index in [1.807, 2.05) is 40.8 Å². The summed E-state index contributed by atoms with van der Waals surface area (Å²) in [6.45, 7) is 0.214. The summed E-state index contributed by atoms with van der Waals surface area (Å²) in [7, 11) is 1.62. The first-order valence-corrected chi connectivity index (χ1v) is 9.85. The molecule has 134 valence electrons. The minimum Gasteiger partial charge on any atom is -0.497 e. The fourth-order valence-electron chi connectivity index (χ4n) is 2.53. The van der Waals surface area contributed by atoms with Crippen molar-refractivity contribution in [2.75, 3.05) is 19.5 Å². The third kappa shape index (κ3) is 3.48. The molecule has 0 aliphatic carbocycles. The average molecular weight is 387 g/mol. The van der Waals surface area contributed by atoms with Crippen molar-refractivity contribution in [1.29, 1.82) is 0 Å². The van der Waals surface area contributed by atoms with E-state index in [1.54, 1.807) is 18.4 Å². The minimum absolute atomic E-state index is 0.214. The van der Waals surface area contributed by atoms with Gasteiger partial charge in [-0.15, -0.1) is 10.2 Å². The second-order valence-corrected chi connectivity index (χ2v) is 7.62. The Kier molecular flexibility index (Phi) is 4.96. The van der Waals surface area contributed by atoms with E-state index >= 15 is 0 Å². The molecule has 6 nitrogen and oxygen atoms in total. The summed E-state index contributed by atoms with van der Waals surface area (Å²) >= 11 is 3.08. The first kappa shape index (κ1) is 17.1. The number of methoxy groups -OCH3 is 1.